The van der Waals surface area contributed by atoms with Gasteiger partial charge in [0.25, 0.3) is 0 Å². The molecule has 0 aliphatic rings. The molecule has 0 aliphatic heterocycles. The van der Waals surface area contributed by atoms with Crippen molar-refractivity contribution >= 4 is 0 Å². The molecule has 0 N–H and O–H groups in total. The van der Waals surface area contributed by atoms with Gasteiger partial charge in [-0.1, -0.05) is 19.1 Å². The third kappa shape index (κ3) is 5.42. The molecule has 0 rings (SSSR count). The molecule has 0 aliphatic carbocycles. The Bertz CT molecular complexity index is 132. The number of rotatable bonds is 3. The fourth-order valence-electron chi connectivity index (χ4n) is 0.754. The van der Waals surface area contributed by atoms with Crippen LogP contribution in [0.1, 0.15) is 20.3 Å². The van der Waals surface area contributed by atoms with E-state index in [1.807, 2.05) is 14.1 Å². The molecule has 0 saturated carbocycles. The van der Waals surface area contributed by atoms with Crippen LogP contribution in [0.15, 0.2) is 23.9 Å². The second-order valence-electron chi connectivity index (χ2n) is 2.65. The first-order chi connectivity index (χ1) is 4.66. The maximum Gasteiger partial charge on any atom is 0.00557 e. The molecular weight excluding hydrogens is 122 g/mol. The minimum absolute atomic E-state index is 1.11. The van der Waals surface area contributed by atoms with Gasteiger partial charge < -0.3 is 4.90 Å². The molecule has 0 fully saturated rings. The summed E-state index contributed by atoms with van der Waals surface area (Å²) in [5.41, 5.74) is 1.30. The van der Waals surface area contributed by atoms with Crippen molar-refractivity contribution in [3.05, 3.63) is 23.9 Å². The van der Waals surface area contributed by atoms with Gasteiger partial charge in [0.15, 0.2) is 0 Å². The lowest BCUT2D eigenvalue weighted by Crippen LogP contribution is -2.01. The van der Waals surface area contributed by atoms with Gasteiger partial charge in [-0.3, -0.25) is 0 Å². The number of hydrogen-bond acceptors (Lipinski definition) is 1. The van der Waals surface area contributed by atoms with Crippen molar-refractivity contribution in [2.75, 3.05) is 14.1 Å². The molecule has 0 heterocycles. The minimum Gasteiger partial charge on any atom is -0.383 e. The topological polar surface area (TPSA) is 3.24 Å². The van der Waals surface area contributed by atoms with Crippen LogP contribution >= 0.6 is 0 Å². The fourth-order valence-corrected chi connectivity index (χ4v) is 0.754. The minimum atomic E-state index is 1.11. The Morgan fingerprint density at radius 3 is 2.40 bits per heavy atom. The predicted octanol–water partition coefficient (Wildman–Crippen LogP) is 2.42. The van der Waals surface area contributed by atoms with Crippen LogP contribution in [0.3, 0.4) is 0 Å². The zero-order valence-corrected chi connectivity index (χ0v) is 7.39. The fraction of sp³-hybridized carbons (Fsp3) is 0.556. The van der Waals surface area contributed by atoms with Crippen LogP contribution in [0, 0.1) is 0 Å². The van der Waals surface area contributed by atoms with Crippen molar-refractivity contribution in [2.45, 2.75) is 20.3 Å². The molecule has 0 amide bonds. The Kier molecular flexibility index (Phi) is 4.73. The molecule has 0 saturated heterocycles. The summed E-state index contributed by atoms with van der Waals surface area (Å²) in [7, 11) is 4.06. The third-order valence-corrected chi connectivity index (χ3v) is 1.08. The van der Waals surface area contributed by atoms with Crippen LogP contribution in [-0.4, -0.2) is 19.0 Å². The highest BCUT2D eigenvalue weighted by Gasteiger charge is 1.80. The van der Waals surface area contributed by atoms with Crippen LogP contribution in [0.25, 0.3) is 0 Å². The Morgan fingerprint density at radius 2 is 2.00 bits per heavy atom. The van der Waals surface area contributed by atoms with E-state index in [1.165, 1.54) is 5.57 Å². The van der Waals surface area contributed by atoms with Crippen LogP contribution < -0.4 is 0 Å². The summed E-state index contributed by atoms with van der Waals surface area (Å²) in [4.78, 5) is 2.05. The summed E-state index contributed by atoms with van der Waals surface area (Å²) in [6, 6.07) is 0. The molecule has 10 heavy (non-hydrogen) atoms. The zero-order chi connectivity index (χ0) is 7.98. The maximum atomic E-state index is 2.16. The van der Waals surface area contributed by atoms with Gasteiger partial charge >= 0.3 is 0 Å². The quantitative estimate of drug-likeness (QED) is 0.543. The van der Waals surface area contributed by atoms with Gasteiger partial charge in [-0.15, -0.1) is 0 Å². The van der Waals surface area contributed by atoms with Gasteiger partial charge in [0.2, 0.25) is 0 Å². The summed E-state index contributed by atoms with van der Waals surface area (Å²) >= 11 is 0. The number of nitrogens with zero attached hydrogens (tertiary/aromatic N) is 1. The van der Waals surface area contributed by atoms with E-state index in [4.69, 9.17) is 0 Å². The van der Waals surface area contributed by atoms with E-state index < -0.39 is 0 Å². The highest BCUT2D eigenvalue weighted by Crippen LogP contribution is 1.96. The molecule has 58 valence electrons. The van der Waals surface area contributed by atoms with Crippen LogP contribution in [-0.2, 0) is 0 Å². The first-order valence-electron chi connectivity index (χ1n) is 3.68. The van der Waals surface area contributed by atoms with Crippen molar-refractivity contribution < 1.29 is 0 Å². The highest BCUT2D eigenvalue weighted by molar-refractivity contribution is 5.14. The van der Waals surface area contributed by atoms with E-state index in [0.717, 1.165) is 6.42 Å². The SMILES string of the molecule is CCC=C/C(C)=C/N(C)C. The van der Waals surface area contributed by atoms with Crippen molar-refractivity contribution in [1.82, 2.24) is 4.90 Å². The highest BCUT2D eigenvalue weighted by atomic mass is 15.0. The van der Waals surface area contributed by atoms with Crippen molar-refractivity contribution in [3.8, 4) is 0 Å². The Balaban J connectivity index is 3.82. The molecule has 0 aromatic carbocycles. The molecule has 0 bridgehead atoms. The van der Waals surface area contributed by atoms with Crippen LogP contribution in [0.4, 0.5) is 0 Å². The second kappa shape index (κ2) is 5.10. The summed E-state index contributed by atoms with van der Waals surface area (Å²) in [5, 5.41) is 0. The first-order valence-corrected chi connectivity index (χ1v) is 3.68. The smallest absolute Gasteiger partial charge is 0.00557 e. The lowest BCUT2D eigenvalue weighted by Gasteiger charge is -2.04. The van der Waals surface area contributed by atoms with Gasteiger partial charge in [-0.05, 0) is 18.9 Å². The molecule has 0 aromatic heterocycles. The first kappa shape index (κ1) is 9.28. The second-order valence-corrected chi connectivity index (χ2v) is 2.65. The Morgan fingerprint density at radius 1 is 1.40 bits per heavy atom. The normalized spacial score (nSPS) is 12.6. The standard InChI is InChI=1S/C9H17N/c1-5-6-7-9(2)8-10(3)4/h6-8H,5H2,1-4H3/b7-6?,9-8+. The lowest BCUT2D eigenvalue weighted by atomic mass is 10.3. The predicted molar refractivity (Wildman–Crippen MR) is 46.9 cm³/mol. The maximum absolute atomic E-state index is 2.16. The lowest BCUT2D eigenvalue weighted by molar-refractivity contribution is 0.560. The van der Waals surface area contributed by atoms with Crippen molar-refractivity contribution in [3.63, 3.8) is 0 Å². The Labute approximate surface area is 64.0 Å². The van der Waals surface area contributed by atoms with E-state index in [2.05, 4.69) is 37.1 Å². The Hall–Kier alpha value is -0.720. The molecule has 0 atom stereocenters. The van der Waals surface area contributed by atoms with Gasteiger partial charge in [0.05, 0.1) is 0 Å². The molecule has 0 radical (unpaired) electrons. The van der Waals surface area contributed by atoms with Crippen LogP contribution in [0.2, 0.25) is 0 Å². The van der Waals surface area contributed by atoms with Crippen molar-refractivity contribution in [2.24, 2.45) is 0 Å². The summed E-state index contributed by atoms with van der Waals surface area (Å²) in [5.74, 6) is 0. The van der Waals surface area contributed by atoms with E-state index in [1.54, 1.807) is 0 Å². The molecule has 0 spiro atoms. The van der Waals surface area contributed by atoms with E-state index in [9.17, 15) is 0 Å². The van der Waals surface area contributed by atoms with E-state index in [0.29, 0.717) is 0 Å². The van der Waals surface area contributed by atoms with Gasteiger partial charge in [-0.25, -0.2) is 0 Å². The van der Waals surface area contributed by atoms with E-state index in [-0.39, 0.29) is 0 Å². The van der Waals surface area contributed by atoms with E-state index >= 15 is 0 Å². The molecule has 1 nitrogen and oxygen atoms in total. The number of allylic oxidation sites excluding steroid dienone is 3. The molecule has 0 aromatic rings. The molecular formula is C9H17N. The monoisotopic (exact) mass is 139 g/mol. The van der Waals surface area contributed by atoms with Crippen LogP contribution in [0.5, 0.6) is 0 Å². The largest absolute Gasteiger partial charge is 0.383 e. The van der Waals surface area contributed by atoms with Crippen molar-refractivity contribution in [1.29, 1.82) is 0 Å². The summed E-state index contributed by atoms with van der Waals surface area (Å²) in [6.45, 7) is 4.24. The average molecular weight is 139 g/mol. The molecule has 0 unspecified atom stereocenters. The third-order valence-electron chi connectivity index (χ3n) is 1.08. The van der Waals surface area contributed by atoms with Gasteiger partial charge in [-0.2, -0.15) is 0 Å². The van der Waals surface area contributed by atoms with Gasteiger partial charge in [0.1, 0.15) is 0 Å². The van der Waals surface area contributed by atoms with Gasteiger partial charge in [0, 0.05) is 20.3 Å². The average Bonchev–Trinajstić information content (AvgIpc) is 1.82. The summed E-state index contributed by atoms with van der Waals surface area (Å²) < 4.78 is 0. The number of hydrogen-bond donors (Lipinski definition) is 0. The molecule has 1 heteroatoms. The zero-order valence-electron chi connectivity index (χ0n) is 7.39. The summed E-state index contributed by atoms with van der Waals surface area (Å²) in [6.07, 6.45) is 7.51.